The summed E-state index contributed by atoms with van der Waals surface area (Å²) in [6, 6.07) is 6.75. The number of nitrogens with one attached hydrogen (secondary N) is 2. The SMILES string of the molecule is Cc1nccc2[nH]c(=O)c(C(=O)NCc3ccco3)cc12. The van der Waals surface area contributed by atoms with Gasteiger partial charge in [0.1, 0.15) is 11.3 Å². The number of aromatic nitrogens is 2. The highest BCUT2D eigenvalue weighted by atomic mass is 16.3. The quantitative estimate of drug-likeness (QED) is 0.766. The number of amides is 1. The third-order valence-electron chi connectivity index (χ3n) is 3.22. The molecule has 106 valence electrons. The van der Waals surface area contributed by atoms with Crippen LogP contribution < -0.4 is 10.9 Å². The Morgan fingerprint density at radius 3 is 3.05 bits per heavy atom. The van der Waals surface area contributed by atoms with Crippen LogP contribution in [0.2, 0.25) is 0 Å². The summed E-state index contributed by atoms with van der Waals surface area (Å²) in [6.07, 6.45) is 3.14. The van der Waals surface area contributed by atoms with Crippen LogP contribution in [0, 0.1) is 6.92 Å². The number of carbonyl (C=O) groups is 1. The lowest BCUT2D eigenvalue weighted by atomic mass is 10.1. The van der Waals surface area contributed by atoms with Gasteiger partial charge >= 0.3 is 0 Å². The number of nitrogens with zero attached hydrogens (tertiary/aromatic N) is 1. The fourth-order valence-electron chi connectivity index (χ4n) is 2.11. The minimum atomic E-state index is -0.446. The highest BCUT2D eigenvalue weighted by Crippen LogP contribution is 2.13. The van der Waals surface area contributed by atoms with Gasteiger partial charge in [0.25, 0.3) is 11.5 Å². The van der Waals surface area contributed by atoms with Crippen LogP contribution in [-0.4, -0.2) is 15.9 Å². The lowest BCUT2D eigenvalue weighted by Gasteiger charge is -2.05. The Hall–Kier alpha value is -2.89. The smallest absolute Gasteiger partial charge is 0.261 e. The Bertz CT molecular complexity index is 850. The van der Waals surface area contributed by atoms with E-state index in [1.54, 1.807) is 30.5 Å². The maximum Gasteiger partial charge on any atom is 0.261 e. The molecular formula is C15H13N3O3. The van der Waals surface area contributed by atoms with Gasteiger partial charge in [-0.15, -0.1) is 0 Å². The van der Waals surface area contributed by atoms with Crippen molar-refractivity contribution in [1.29, 1.82) is 0 Å². The summed E-state index contributed by atoms with van der Waals surface area (Å²) in [5.41, 5.74) is 1.05. The van der Waals surface area contributed by atoms with Gasteiger partial charge in [0.05, 0.1) is 18.3 Å². The molecule has 0 aliphatic carbocycles. The molecule has 0 fully saturated rings. The van der Waals surface area contributed by atoms with Crippen LogP contribution in [0.3, 0.4) is 0 Å². The molecule has 1 amide bonds. The van der Waals surface area contributed by atoms with E-state index in [1.165, 1.54) is 6.26 Å². The van der Waals surface area contributed by atoms with E-state index in [2.05, 4.69) is 15.3 Å². The Labute approximate surface area is 119 Å². The number of rotatable bonds is 3. The second-order valence-corrected chi connectivity index (χ2v) is 4.63. The van der Waals surface area contributed by atoms with Gasteiger partial charge in [0, 0.05) is 17.3 Å². The van der Waals surface area contributed by atoms with Crippen LogP contribution in [0.25, 0.3) is 10.9 Å². The van der Waals surface area contributed by atoms with Crippen molar-refractivity contribution in [3.05, 3.63) is 64.1 Å². The largest absolute Gasteiger partial charge is 0.467 e. The van der Waals surface area contributed by atoms with Crippen molar-refractivity contribution in [2.24, 2.45) is 0 Å². The molecule has 0 radical (unpaired) electrons. The lowest BCUT2D eigenvalue weighted by molar-refractivity contribution is 0.0946. The van der Waals surface area contributed by atoms with Crippen molar-refractivity contribution in [2.45, 2.75) is 13.5 Å². The van der Waals surface area contributed by atoms with Crippen LogP contribution >= 0.6 is 0 Å². The molecule has 6 nitrogen and oxygen atoms in total. The number of H-pyrrole nitrogens is 1. The molecule has 0 saturated heterocycles. The third kappa shape index (κ3) is 2.55. The Kier molecular flexibility index (Phi) is 3.27. The van der Waals surface area contributed by atoms with E-state index in [1.807, 2.05) is 6.92 Å². The maximum atomic E-state index is 12.1. The van der Waals surface area contributed by atoms with Crippen LogP contribution in [-0.2, 0) is 6.54 Å². The number of aromatic amines is 1. The van der Waals surface area contributed by atoms with Gasteiger partial charge in [-0.3, -0.25) is 14.6 Å². The summed E-state index contributed by atoms with van der Waals surface area (Å²) >= 11 is 0. The second kappa shape index (κ2) is 5.24. The highest BCUT2D eigenvalue weighted by molar-refractivity contribution is 5.97. The Balaban J connectivity index is 1.92. The zero-order chi connectivity index (χ0) is 14.8. The summed E-state index contributed by atoms with van der Waals surface area (Å²) < 4.78 is 5.13. The highest BCUT2D eigenvalue weighted by Gasteiger charge is 2.13. The average molecular weight is 283 g/mol. The predicted octanol–water partition coefficient (Wildman–Crippen LogP) is 1.75. The van der Waals surface area contributed by atoms with E-state index in [0.29, 0.717) is 11.3 Å². The molecule has 3 aromatic heterocycles. The topological polar surface area (TPSA) is 88.0 Å². The summed E-state index contributed by atoms with van der Waals surface area (Å²) in [5.74, 6) is 0.177. The zero-order valence-corrected chi connectivity index (χ0v) is 11.3. The van der Waals surface area contributed by atoms with Crippen molar-refractivity contribution in [1.82, 2.24) is 15.3 Å². The molecule has 0 saturated carbocycles. The number of hydrogen-bond donors (Lipinski definition) is 2. The number of carbonyl (C=O) groups excluding carboxylic acids is 1. The third-order valence-corrected chi connectivity index (χ3v) is 3.22. The van der Waals surface area contributed by atoms with E-state index in [4.69, 9.17) is 4.42 Å². The van der Waals surface area contributed by atoms with Gasteiger partial charge in [-0.05, 0) is 31.2 Å². The van der Waals surface area contributed by atoms with Crippen molar-refractivity contribution in [3.8, 4) is 0 Å². The van der Waals surface area contributed by atoms with Gasteiger partial charge in [-0.2, -0.15) is 0 Å². The van der Waals surface area contributed by atoms with Gasteiger partial charge in [-0.1, -0.05) is 0 Å². The first kappa shape index (κ1) is 13.1. The molecule has 0 aliphatic rings. The Morgan fingerprint density at radius 1 is 1.43 bits per heavy atom. The normalized spacial score (nSPS) is 10.7. The molecule has 0 spiro atoms. The van der Waals surface area contributed by atoms with Crippen molar-refractivity contribution >= 4 is 16.8 Å². The molecule has 0 bridgehead atoms. The molecule has 21 heavy (non-hydrogen) atoms. The van der Waals surface area contributed by atoms with E-state index in [9.17, 15) is 9.59 Å². The lowest BCUT2D eigenvalue weighted by Crippen LogP contribution is -2.29. The van der Waals surface area contributed by atoms with Crippen LogP contribution in [0.4, 0.5) is 0 Å². The molecule has 3 rings (SSSR count). The number of furan rings is 1. The number of fused-ring (bicyclic) bond motifs is 1. The number of pyridine rings is 2. The Morgan fingerprint density at radius 2 is 2.29 bits per heavy atom. The monoisotopic (exact) mass is 283 g/mol. The van der Waals surface area contributed by atoms with Gasteiger partial charge in [0.2, 0.25) is 0 Å². The molecule has 0 unspecified atom stereocenters. The van der Waals surface area contributed by atoms with Gasteiger partial charge in [0.15, 0.2) is 0 Å². The van der Waals surface area contributed by atoms with E-state index in [-0.39, 0.29) is 12.1 Å². The molecule has 0 aliphatic heterocycles. The molecular weight excluding hydrogens is 270 g/mol. The van der Waals surface area contributed by atoms with Crippen molar-refractivity contribution in [2.75, 3.05) is 0 Å². The standard InChI is InChI=1S/C15H13N3O3/c1-9-11-7-12(15(20)18-13(11)4-5-16-9)14(19)17-8-10-3-2-6-21-10/h2-7H,8H2,1H3,(H,17,19)(H,18,20). The van der Waals surface area contributed by atoms with Gasteiger partial charge < -0.3 is 14.7 Å². The van der Waals surface area contributed by atoms with Crippen LogP contribution in [0.15, 0.2) is 45.9 Å². The number of hydrogen-bond acceptors (Lipinski definition) is 4. The van der Waals surface area contributed by atoms with Gasteiger partial charge in [-0.25, -0.2) is 0 Å². The first-order valence-electron chi connectivity index (χ1n) is 6.44. The van der Waals surface area contributed by atoms with Crippen molar-refractivity contribution in [3.63, 3.8) is 0 Å². The van der Waals surface area contributed by atoms with Crippen molar-refractivity contribution < 1.29 is 9.21 Å². The first-order valence-corrected chi connectivity index (χ1v) is 6.44. The summed E-state index contributed by atoms with van der Waals surface area (Å²) in [7, 11) is 0. The molecule has 3 aromatic rings. The predicted molar refractivity (Wildman–Crippen MR) is 77.0 cm³/mol. The fraction of sp³-hybridized carbons (Fsp3) is 0.133. The van der Waals surface area contributed by atoms with Crippen LogP contribution in [0.5, 0.6) is 0 Å². The van der Waals surface area contributed by atoms with E-state index < -0.39 is 11.5 Å². The summed E-state index contributed by atoms with van der Waals surface area (Å²) in [4.78, 5) is 31.0. The zero-order valence-electron chi connectivity index (χ0n) is 11.3. The molecule has 0 aromatic carbocycles. The summed E-state index contributed by atoms with van der Waals surface area (Å²) in [6.45, 7) is 2.06. The number of aryl methyl sites for hydroxylation is 1. The van der Waals surface area contributed by atoms with E-state index in [0.717, 1.165) is 11.1 Å². The first-order chi connectivity index (χ1) is 10.1. The minimum Gasteiger partial charge on any atom is -0.467 e. The molecule has 6 heteroatoms. The molecule has 2 N–H and O–H groups in total. The molecule has 0 atom stereocenters. The van der Waals surface area contributed by atoms with Crippen LogP contribution in [0.1, 0.15) is 21.8 Å². The molecule has 3 heterocycles. The van der Waals surface area contributed by atoms with E-state index >= 15 is 0 Å². The summed E-state index contributed by atoms with van der Waals surface area (Å²) in [5, 5.41) is 3.40. The maximum absolute atomic E-state index is 12.1. The average Bonchev–Trinajstić information content (AvgIpc) is 2.98. The second-order valence-electron chi connectivity index (χ2n) is 4.63. The minimum absolute atomic E-state index is 0.0603. The fourth-order valence-corrected chi connectivity index (χ4v) is 2.11.